The molecule has 1 heterocycles. The molecule has 3 unspecified atom stereocenters. The summed E-state index contributed by atoms with van der Waals surface area (Å²) in [5.74, 6) is 1.56. The van der Waals surface area contributed by atoms with Gasteiger partial charge in [0.25, 0.3) is 5.91 Å². The maximum Gasteiger partial charge on any atom is 0.287 e. The zero-order valence-corrected chi connectivity index (χ0v) is 9.90. The van der Waals surface area contributed by atoms with Gasteiger partial charge < -0.3 is 9.73 Å². The lowest BCUT2D eigenvalue weighted by molar-refractivity contribution is 0.0863. The molecule has 1 aliphatic carbocycles. The van der Waals surface area contributed by atoms with E-state index in [0.29, 0.717) is 23.6 Å². The number of furan rings is 1. The van der Waals surface area contributed by atoms with E-state index >= 15 is 0 Å². The van der Waals surface area contributed by atoms with Gasteiger partial charge in [0.05, 0.1) is 6.26 Å². The molecule has 88 valence electrons. The molecule has 0 saturated heterocycles. The molecule has 0 aliphatic heterocycles. The first-order chi connectivity index (χ1) is 7.68. The number of hydrogen-bond donors (Lipinski definition) is 1. The Morgan fingerprint density at radius 2 is 2.25 bits per heavy atom. The van der Waals surface area contributed by atoms with Crippen LogP contribution in [0.25, 0.3) is 0 Å². The number of amides is 1. The summed E-state index contributed by atoms with van der Waals surface area (Å²) in [6.07, 6.45) is 5.09. The fraction of sp³-hybridized carbons (Fsp3) is 0.615. The van der Waals surface area contributed by atoms with Crippen LogP contribution in [-0.4, -0.2) is 11.9 Å². The van der Waals surface area contributed by atoms with Crippen LogP contribution in [0.15, 0.2) is 22.8 Å². The smallest absolute Gasteiger partial charge is 0.287 e. The molecule has 0 spiro atoms. The quantitative estimate of drug-likeness (QED) is 0.834. The topological polar surface area (TPSA) is 42.2 Å². The molecular formula is C13H19NO2. The number of rotatable bonds is 2. The third-order valence-electron chi connectivity index (χ3n) is 3.77. The predicted molar refractivity (Wildman–Crippen MR) is 62.1 cm³/mol. The second kappa shape index (κ2) is 4.73. The SMILES string of the molecule is CC1CCCC(NC(=O)c2ccco2)C1C. The highest BCUT2D eigenvalue weighted by Crippen LogP contribution is 2.29. The van der Waals surface area contributed by atoms with Gasteiger partial charge in [-0.15, -0.1) is 0 Å². The molecule has 1 fully saturated rings. The van der Waals surface area contributed by atoms with Crippen molar-refractivity contribution >= 4 is 5.91 Å². The van der Waals surface area contributed by atoms with Gasteiger partial charge >= 0.3 is 0 Å². The van der Waals surface area contributed by atoms with E-state index in [4.69, 9.17) is 4.42 Å². The Morgan fingerprint density at radius 1 is 1.44 bits per heavy atom. The van der Waals surface area contributed by atoms with E-state index in [9.17, 15) is 4.79 Å². The molecule has 0 aromatic carbocycles. The van der Waals surface area contributed by atoms with E-state index in [1.165, 1.54) is 19.1 Å². The van der Waals surface area contributed by atoms with Gasteiger partial charge in [-0.05, 0) is 30.4 Å². The Bertz CT molecular complexity index is 345. The third kappa shape index (κ3) is 2.29. The first-order valence-corrected chi connectivity index (χ1v) is 6.03. The highest BCUT2D eigenvalue weighted by atomic mass is 16.3. The van der Waals surface area contributed by atoms with Gasteiger partial charge in [-0.25, -0.2) is 0 Å². The van der Waals surface area contributed by atoms with Gasteiger partial charge in [0.2, 0.25) is 0 Å². The van der Waals surface area contributed by atoms with Gasteiger partial charge in [0.15, 0.2) is 5.76 Å². The summed E-state index contributed by atoms with van der Waals surface area (Å²) in [5, 5.41) is 3.07. The standard InChI is InChI=1S/C13H19NO2/c1-9-5-3-6-11(10(9)2)14-13(15)12-7-4-8-16-12/h4,7-11H,3,5-6H2,1-2H3,(H,14,15). The molecule has 1 saturated carbocycles. The van der Waals surface area contributed by atoms with Crippen molar-refractivity contribution in [2.75, 3.05) is 0 Å². The lowest BCUT2D eigenvalue weighted by Crippen LogP contribution is -2.43. The van der Waals surface area contributed by atoms with E-state index in [-0.39, 0.29) is 5.91 Å². The Hall–Kier alpha value is -1.25. The van der Waals surface area contributed by atoms with Gasteiger partial charge in [-0.1, -0.05) is 26.7 Å². The van der Waals surface area contributed by atoms with Crippen LogP contribution >= 0.6 is 0 Å². The molecule has 2 rings (SSSR count). The second-order valence-electron chi connectivity index (χ2n) is 4.82. The normalized spacial score (nSPS) is 30.0. The fourth-order valence-electron chi connectivity index (χ4n) is 2.43. The molecule has 1 N–H and O–H groups in total. The summed E-state index contributed by atoms with van der Waals surface area (Å²) in [6.45, 7) is 4.48. The molecule has 16 heavy (non-hydrogen) atoms. The van der Waals surface area contributed by atoms with Crippen LogP contribution in [0.3, 0.4) is 0 Å². The number of carbonyl (C=O) groups excluding carboxylic acids is 1. The maximum atomic E-state index is 11.8. The van der Waals surface area contributed by atoms with Crippen LogP contribution in [-0.2, 0) is 0 Å². The summed E-state index contributed by atoms with van der Waals surface area (Å²) >= 11 is 0. The van der Waals surface area contributed by atoms with Crippen molar-refractivity contribution in [2.45, 2.75) is 39.2 Å². The van der Waals surface area contributed by atoms with E-state index in [0.717, 1.165) is 6.42 Å². The Morgan fingerprint density at radius 3 is 2.94 bits per heavy atom. The lowest BCUT2D eigenvalue weighted by atomic mass is 9.78. The van der Waals surface area contributed by atoms with Gasteiger partial charge in [-0.3, -0.25) is 4.79 Å². The van der Waals surface area contributed by atoms with Crippen LogP contribution in [0.5, 0.6) is 0 Å². The van der Waals surface area contributed by atoms with Crippen molar-refractivity contribution < 1.29 is 9.21 Å². The molecule has 3 atom stereocenters. The predicted octanol–water partition coefficient (Wildman–Crippen LogP) is 2.83. The van der Waals surface area contributed by atoms with E-state index < -0.39 is 0 Å². The summed E-state index contributed by atoms with van der Waals surface area (Å²) in [5.41, 5.74) is 0. The van der Waals surface area contributed by atoms with Crippen LogP contribution < -0.4 is 5.32 Å². The highest BCUT2D eigenvalue weighted by molar-refractivity contribution is 5.91. The zero-order chi connectivity index (χ0) is 11.5. The number of hydrogen-bond acceptors (Lipinski definition) is 2. The van der Waals surface area contributed by atoms with Crippen molar-refractivity contribution in [3.8, 4) is 0 Å². The molecule has 0 radical (unpaired) electrons. The average molecular weight is 221 g/mol. The highest BCUT2D eigenvalue weighted by Gasteiger charge is 2.28. The van der Waals surface area contributed by atoms with E-state index in [2.05, 4.69) is 19.2 Å². The molecule has 3 nitrogen and oxygen atoms in total. The first-order valence-electron chi connectivity index (χ1n) is 6.03. The van der Waals surface area contributed by atoms with Crippen molar-refractivity contribution in [1.82, 2.24) is 5.32 Å². The Balaban J connectivity index is 1.96. The molecule has 1 aliphatic rings. The average Bonchev–Trinajstić information content (AvgIpc) is 2.78. The minimum Gasteiger partial charge on any atom is -0.459 e. The van der Waals surface area contributed by atoms with E-state index in [1.54, 1.807) is 12.1 Å². The summed E-state index contributed by atoms with van der Waals surface area (Å²) in [6, 6.07) is 3.73. The number of nitrogens with one attached hydrogen (secondary N) is 1. The maximum absolute atomic E-state index is 11.8. The third-order valence-corrected chi connectivity index (χ3v) is 3.77. The van der Waals surface area contributed by atoms with Crippen LogP contribution in [0.2, 0.25) is 0 Å². The number of carbonyl (C=O) groups is 1. The molecule has 1 aromatic rings. The fourth-order valence-corrected chi connectivity index (χ4v) is 2.43. The summed E-state index contributed by atoms with van der Waals surface area (Å²) < 4.78 is 5.09. The minimum atomic E-state index is -0.0871. The molecular weight excluding hydrogens is 202 g/mol. The van der Waals surface area contributed by atoms with Crippen molar-refractivity contribution in [2.24, 2.45) is 11.8 Å². The molecule has 1 amide bonds. The molecule has 0 bridgehead atoms. The second-order valence-corrected chi connectivity index (χ2v) is 4.82. The Labute approximate surface area is 96.2 Å². The zero-order valence-electron chi connectivity index (χ0n) is 9.90. The Kier molecular flexibility index (Phi) is 3.32. The van der Waals surface area contributed by atoms with E-state index in [1.807, 2.05) is 0 Å². The van der Waals surface area contributed by atoms with Crippen LogP contribution in [0.1, 0.15) is 43.7 Å². The van der Waals surface area contributed by atoms with Crippen molar-refractivity contribution in [3.05, 3.63) is 24.2 Å². The molecule has 1 aromatic heterocycles. The van der Waals surface area contributed by atoms with Crippen molar-refractivity contribution in [3.63, 3.8) is 0 Å². The largest absolute Gasteiger partial charge is 0.459 e. The van der Waals surface area contributed by atoms with Gasteiger partial charge in [0, 0.05) is 6.04 Å². The van der Waals surface area contributed by atoms with Gasteiger partial charge in [0.1, 0.15) is 0 Å². The summed E-state index contributed by atoms with van der Waals surface area (Å²) in [4.78, 5) is 11.8. The monoisotopic (exact) mass is 221 g/mol. The molecule has 3 heteroatoms. The minimum absolute atomic E-state index is 0.0871. The van der Waals surface area contributed by atoms with Crippen LogP contribution in [0, 0.1) is 11.8 Å². The summed E-state index contributed by atoms with van der Waals surface area (Å²) in [7, 11) is 0. The van der Waals surface area contributed by atoms with Crippen molar-refractivity contribution in [1.29, 1.82) is 0 Å². The van der Waals surface area contributed by atoms with Crippen LogP contribution in [0.4, 0.5) is 0 Å². The lowest BCUT2D eigenvalue weighted by Gasteiger charge is -2.34. The van der Waals surface area contributed by atoms with Gasteiger partial charge in [-0.2, -0.15) is 0 Å². The first kappa shape index (κ1) is 11.2.